The highest BCUT2D eigenvalue weighted by molar-refractivity contribution is 5.82. The molecule has 0 fully saturated rings. The summed E-state index contributed by atoms with van der Waals surface area (Å²) >= 11 is 0. The fraction of sp³-hybridized carbons (Fsp3) is 0.308. The minimum absolute atomic E-state index is 0.799. The minimum atomic E-state index is 0.799. The maximum Gasteiger partial charge on any atom is 0.119 e. The first-order valence-electron chi connectivity index (χ1n) is 5.37. The number of ether oxygens (including phenoxy) is 1. The first-order valence-corrected chi connectivity index (χ1v) is 5.37. The van der Waals surface area contributed by atoms with Crippen molar-refractivity contribution < 1.29 is 4.74 Å². The van der Waals surface area contributed by atoms with E-state index in [9.17, 15) is 0 Å². The Morgan fingerprint density at radius 2 is 2.13 bits per heavy atom. The summed E-state index contributed by atoms with van der Waals surface area (Å²) < 4.78 is 5.63. The summed E-state index contributed by atoms with van der Waals surface area (Å²) in [5.41, 5.74) is 0. The van der Waals surface area contributed by atoms with Gasteiger partial charge in [-0.1, -0.05) is 13.3 Å². The van der Waals surface area contributed by atoms with Gasteiger partial charge in [0.1, 0.15) is 5.75 Å². The Morgan fingerprint density at radius 3 is 3.00 bits per heavy atom. The van der Waals surface area contributed by atoms with Gasteiger partial charge in [0.05, 0.1) is 6.61 Å². The summed E-state index contributed by atoms with van der Waals surface area (Å²) in [4.78, 5) is 4.08. The summed E-state index contributed by atoms with van der Waals surface area (Å²) in [5.74, 6) is 0.946. The number of rotatable bonds is 4. The standard InChI is InChI=1S/C13H15NO/c1-2-3-8-15-13-5-4-12-10-14-7-6-11(12)9-13/h4-7,9-10H,2-3,8H2,1H3. The van der Waals surface area contributed by atoms with Crippen LogP contribution in [0.2, 0.25) is 0 Å². The van der Waals surface area contributed by atoms with Crippen LogP contribution in [0.4, 0.5) is 0 Å². The van der Waals surface area contributed by atoms with E-state index in [1.807, 2.05) is 24.4 Å². The summed E-state index contributed by atoms with van der Waals surface area (Å²) in [6.45, 7) is 2.96. The molecule has 1 heterocycles. The number of unbranched alkanes of at least 4 members (excludes halogenated alkanes) is 1. The lowest BCUT2D eigenvalue weighted by Crippen LogP contribution is -1.95. The molecule has 15 heavy (non-hydrogen) atoms. The molecule has 2 heteroatoms. The van der Waals surface area contributed by atoms with Crippen LogP contribution < -0.4 is 4.74 Å². The van der Waals surface area contributed by atoms with Gasteiger partial charge in [-0.05, 0) is 36.1 Å². The SMILES string of the molecule is CCCCOc1ccc2cnccc2c1. The van der Waals surface area contributed by atoms with Gasteiger partial charge >= 0.3 is 0 Å². The number of benzene rings is 1. The van der Waals surface area contributed by atoms with E-state index in [2.05, 4.69) is 18.0 Å². The van der Waals surface area contributed by atoms with Gasteiger partial charge in [0.2, 0.25) is 0 Å². The van der Waals surface area contributed by atoms with E-state index in [0.29, 0.717) is 0 Å². The Morgan fingerprint density at radius 1 is 1.20 bits per heavy atom. The van der Waals surface area contributed by atoms with Crippen LogP contribution in [0.1, 0.15) is 19.8 Å². The van der Waals surface area contributed by atoms with Crippen molar-refractivity contribution in [2.45, 2.75) is 19.8 Å². The van der Waals surface area contributed by atoms with E-state index >= 15 is 0 Å². The first kappa shape index (κ1) is 9.97. The van der Waals surface area contributed by atoms with Crippen LogP contribution >= 0.6 is 0 Å². The van der Waals surface area contributed by atoms with Crippen LogP contribution in [0.25, 0.3) is 10.8 Å². The predicted molar refractivity (Wildman–Crippen MR) is 62.1 cm³/mol. The van der Waals surface area contributed by atoms with Crippen LogP contribution in [0.15, 0.2) is 36.7 Å². The molecule has 0 aliphatic rings. The van der Waals surface area contributed by atoms with Gasteiger partial charge in [-0.15, -0.1) is 0 Å². The molecule has 0 unspecified atom stereocenters. The Labute approximate surface area is 89.9 Å². The fourth-order valence-corrected chi connectivity index (χ4v) is 1.49. The molecule has 0 aliphatic heterocycles. The lowest BCUT2D eigenvalue weighted by Gasteiger charge is -2.05. The van der Waals surface area contributed by atoms with E-state index in [1.165, 1.54) is 5.39 Å². The number of pyridine rings is 1. The second-order valence-corrected chi connectivity index (χ2v) is 3.59. The van der Waals surface area contributed by atoms with E-state index in [4.69, 9.17) is 4.74 Å². The maximum atomic E-state index is 5.63. The summed E-state index contributed by atoms with van der Waals surface area (Å²) in [6, 6.07) is 8.11. The van der Waals surface area contributed by atoms with Gasteiger partial charge in [0.25, 0.3) is 0 Å². The molecule has 0 radical (unpaired) electrons. The third kappa shape index (κ3) is 2.46. The predicted octanol–water partition coefficient (Wildman–Crippen LogP) is 3.41. The molecule has 0 saturated carbocycles. The van der Waals surface area contributed by atoms with Crippen molar-refractivity contribution in [1.29, 1.82) is 0 Å². The Hall–Kier alpha value is -1.57. The van der Waals surface area contributed by atoms with Crippen molar-refractivity contribution >= 4 is 10.8 Å². The second-order valence-electron chi connectivity index (χ2n) is 3.59. The van der Waals surface area contributed by atoms with Gasteiger partial charge < -0.3 is 4.74 Å². The lowest BCUT2D eigenvalue weighted by atomic mass is 10.2. The van der Waals surface area contributed by atoms with Crippen molar-refractivity contribution in [3.05, 3.63) is 36.7 Å². The van der Waals surface area contributed by atoms with Crippen LogP contribution in [-0.2, 0) is 0 Å². The topological polar surface area (TPSA) is 22.1 Å². The highest BCUT2D eigenvalue weighted by Crippen LogP contribution is 2.19. The number of fused-ring (bicyclic) bond motifs is 1. The highest BCUT2D eigenvalue weighted by atomic mass is 16.5. The van der Waals surface area contributed by atoms with Crippen molar-refractivity contribution in [1.82, 2.24) is 4.98 Å². The molecular formula is C13H15NO. The molecular weight excluding hydrogens is 186 g/mol. The summed E-state index contributed by atoms with van der Waals surface area (Å²) in [7, 11) is 0. The molecule has 0 saturated heterocycles. The minimum Gasteiger partial charge on any atom is -0.494 e. The van der Waals surface area contributed by atoms with Crippen molar-refractivity contribution in [3.8, 4) is 5.75 Å². The second kappa shape index (κ2) is 4.78. The molecule has 0 aliphatic carbocycles. The number of nitrogens with zero attached hydrogens (tertiary/aromatic N) is 1. The fourth-order valence-electron chi connectivity index (χ4n) is 1.49. The summed E-state index contributed by atoms with van der Waals surface area (Å²) in [6.07, 6.45) is 5.94. The number of hydrogen-bond donors (Lipinski definition) is 0. The molecule has 0 bridgehead atoms. The molecule has 0 spiro atoms. The zero-order valence-electron chi connectivity index (χ0n) is 8.94. The van der Waals surface area contributed by atoms with E-state index in [0.717, 1.165) is 30.6 Å². The number of aromatic nitrogens is 1. The van der Waals surface area contributed by atoms with Crippen LogP contribution in [0, 0.1) is 0 Å². The normalized spacial score (nSPS) is 10.5. The molecule has 1 aromatic heterocycles. The Balaban J connectivity index is 2.16. The third-order valence-electron chi connectivity index (χ3n) is 2.38. The van der Waals surface area contributed by atoms with E-state index in [1.54, 1.807) is 6.20 Å². The van der Waals surface area contributed by atoms with Gasteiger partial charge in [0.15, 0.2) is 0 Å². The van der Waals surface area contributed by atoms with Gasteiger partial charge in [-0.2, -0.15) is 0 Å². The largest absolute Gasteiger partial charge is 0.494 e. The molecule has 0 atom stereocenters. The smallest absolute Gasteiger partial charge is 0.119 e. The average molecular weight is 201 g/mol. The highest BCUT2D eigenvalue weighted by Gasteiger charge is 1.96. The van der Waals surface area contributed by atoms with Gasteiger partial charge in [-0.25, -0.2) is 0 Å². The monoisotopic (exact) mass is 201 g/mol. The lowest BCUT2D eigenvalue weighted by molar-refractivity contribution is 0.310. The summed E-state index contributed by atoms with van der Waals surface area (Å²) in [5, 5.41) is 2.33. The van der Waals surface area contributed by atoms with Crippen molar-refractivity contribution in [3.63, 3.8) is 0 Å². The molecule has 78 valence electrons. The molecule has 0 N–H and O–H groups in total. The molecule has 2 nitrogen and oxygen atoms in total. The van der Waals surface area contributed by atoms with Crippen LogP contribution in [0.3, 0.4) is 0 Å². The quantitative estimate of drug-likeness (QED) is 0.707. The van der Waals surface area contributed by atoms with Crippen molar-refractivity contribution in [2.75, 3.05) is 6.61 Å². The Kier molecular flexibility index (Phi) is 3.18. The zero-order chi connectivity index (χ0) is 10.5. The average Bonchev–Trinajstić information content (AvgIpc) is 2.29. The van der Waals surface area contributed by atoms with Crippen LogP contribution in [-0.4, -0.2) is 11.6 Å². The maximum absolute atomic E-state index is 5.63. The molecule has 0 amide bonds. The zero-order valence-corrected chi connectivity index (χ0v) is 8.94. The third-order valence-corrected chi connectivity index (χ3v) is 2.38. The van der Waals surface area contributed by atoms with Gasteiger partial charge in [0, 0.05) is 17.8 Å². The van der Waals surface area contributed by atoms with Crippen molar-refractivity contribution in [2.24, 2.45) is 0 Å². The first-order chi connectivity index (χ1) is 7.40. The molecule has 1 aromatic carbocycles. The van der Waals surface area contributed by atoms with Gasteiger partial charge in [-0.3, -0.25) is 4.98 Å². The number of hydrogen-bond acceptors (Lipinski definition) is 2. The van der Waals surface area contributed by atoms with E-state index in [-0.39, 0.29) is 0 Å². The molecule has 2 rings (SSSR count). The van der Waals surface area contributed by atoms with Crippen LogP contribution in [0.5, 0.6) is 5.75 Å². The molecule has 2 aromatic rings. The Bertz CT molecular complexity index is 439. The van der Waals surface area contributed by atoms with E-state index < -0.39 is 0 Å².